The third kappa shape index (κ3) is 2.52. The number of aryl methyl sites for hydroxylation is 1. The van der Waals surface area contributed by atoms with E-state index in [1.165, 1.54) is 22.2 Å². The highest BCUT2D eigenvalue weighted by molar-refractivity contribution is 7.16. The van der Waals surface area contributed by atoms with Gasteiger partial charge in [0.05, 0.1) is 24.0 Å². The lowest BCUT2D eigenvalue weighted by atomic mass is 10.1. The van der Waals surface area contributed by atoms with Crippen molar-refractivity contribution in [1.82, 2.24) is 24.2 Å². The van der Waals surface area contributed by atoms with Crippen molar-refractivity contribution in [1.29, 1.82) is 0 Å². The van der Waals surface area contributed by atoms with E-state index in [0.29, 0.717) is 16.8 Å². The van der Waals surface area contributed by atoms with Gasteiger partial charge in [0.25, 0.3) is 5.56 Å². The lowest BCUT2D eigenvalue weighted by Gasteiger charge is -2.24. The van der Waals surface area contributed by atoms with Crippen molar-refractivity contribution in [3.05, 3.63) is 46.1 Å². The van der Waals surface area contributed by atoms with Crippen molar-refractivity contribution in [3.8, 4) is 0 Å². The molecule has 0 N–H and O–H groups in total. The summed E-state index contributed by atoms with van der Waals surface area (Å²) in [6.07, 6.45) is 7.10. The van der Waals surface area contributed by atoms with Crippen LogP contribution in [0, 0.1) is 0 Å². The number of aromatic nitrogens is 4. The summed E-state index contributed by atoms with van der Waals surface area (Å²) in [5.74, 6) is -0.0557. The van der Waals surface area contributed by atoms with Crippen molar-refractivity contribution in [3.63, 3.8) is 0 Å². The molecule has 3 aromatic rings. The van der Waals surface area contributed by atoms with Crippen LogP contribution in [-0.2, 0) is 18.4 Å². The fourth-order valence-electron chi connectivity index (χ4n) is 3.27. The van der Waals surface area contributed by atoms with Crippen LogP contribution in [0.4, 0.5) is 0 Å². The van der Waals surface area contributed by atoms with E-state index in [2.05, 4.69) is 10.1 Å². The molecule has 3 aromatic heterocycles. The van der Waals surface area contributed by atoms with Crippen LogP contribution in [0.2, 0.25) is 0 Å². The molecular weight excluding hydrogens is 326 g/mol. The Kier molecular flexibility index (Phi) is 3.68. The van der Waals surface area contributed by atoms with Crippen molar-refractivity contribution in [2.24, 2.45) is 7.05 Å². The lowest BCUT2D eigenvalue weighted by Crippen LogP contribution is -2.36. The summed E-state index contributed by atoms with van der Waals surface area (Å²) >= 11 is 1.43. The summed E-state index contributed by atoms with van der Waals surface area (Å²) in [7, 11) is 1.87. The van der Waals surface area contributed by atoms with E-state index in [-0.39, 0.29) is 24.1 Å². The highest BCUT2D eigenvalue weighted by Crippen LogP contribution is 2.31. The molecule has 4 rings (SSSR count). The van der Waals surface area contributed by atoms with Crippen molar-refractivity contribution in [2.75, 3.05) is 6.54 Å². The van der Waals surface area contributed by atoms with Crippen LogP contribution in [0.15, 0.2) is 35.0 Å². The molecule has 1 amide bonds. The zero-order valence-corrected chi connectivity index (χ0v) is 14.1. The first-order chi connectivity index (χ1) is 11.6. The molecule has 0 aliphatic carbocycles. The van der Waals surface area contributed by atoms with Gasteiger partial charge in [-0.2, -0.15) is 5.10 Å². The standard InChI is InChI=1S/C16H17N5O2S/c1-19-8-11(7-18-19)13-3-2-5-21(13)14(22)9-20-10-17-15-12(16(20)23)4-6-24-15/h4,6-8,10,13H,2-3,5,9H2,1H3. The molecule has 1 aliphatic heterocycles. The van der Waals surface area contributed by atoms with E-state index in [1.54, 1.807) is 16.9 Å². The number of fused-ring (bicyclic) bond motifs is 1. The second kappa shape index (κ2) is 5.86. The zero-order valence-electron chi connectivity index (χ0n) is 13.3. The molecule has 0 radical (unpaired) electrons. The number of thiophene rings is 1. The van der Waals surface area contributed by atoms with E-state index >= 15 is 0 Å². The van der Waals surface area contributed by atoms with Crippen molar-refractivity contribution >= 4 is 27.5 Å². The molecule has 1 fully saturated rings. The van der Waals surface area contributed by atoms with Gasteiger partial charge in [0.1, 0.15) is 11.4 Å². The summed E-state index contributed by atoms with van der Waals surface area (Å²) in [6.45, 7) is 0.732. The topological polar surface area (TPSA) is 73.0 Å². The first-order valence-corrected chi connectivity index (χ1v) is 8.72. The van der Waals surface area contributed by atoms with E-state index in [0.717, 1.165) is 18.4 Å². The molecule has 1 saturated heterocycles. The van der Waals surface area contributed by atoms with Gasteiger partial charge in [0, 0.05) is 25.4 Å². The van der Waals surface area contributed by atoms with Gasteiger partial charge in [-0.05, 0) is 24.3 Å². The summed E-state index contributed by atoms with van der Waals surface area (Å²) in [5, 5.41) is 6.60. The Labute approximate surface area is 142 Å². The highest BCUT2D eigenvalue weighted by atomic mass is 32.1. The Bertz CT molecular complexity index is 957. The lowest BCUT2D eigenvalue weighted by molar-refractivity contribution is -0.132. The minimum atomic E-state index is -0.160. The Morgan fingerprint density at radius 3 is 3.12 bits per heavy atom. The number of hydrogen-bond donors (Lipinski definition) is 0. The monoisotopic (exact) mass is 343 g/mol. The first kappa shape index (κ1) is 15.1. The van der Waals surface area contributed by atoms with Crippen LogP contribution in [0.1, 0.15) is 24.4 Å². The zero-order chi connectivity index (χ0) is 16.7. The largest absolute Gasteiger partial charge is 0.334 e. The Balaban J connectivity index is 1.58. The van der Waals surface area contributed by atoms with E-state index in [9.17, 15) is 9.59 Å². The molecule has 0 spiro atoms. The van der Waals surface area contributed by atoms with Gasteiger partial charge < -0.3 is 4.90 Å². The molecule has 1 aliphatic rings. The minimum absolute atomic E-state index is 0.0222. The van der Waals surface area contributed by atoms with Gasteiger partial charge in [0.15, 0.2) is 0 Å². The Hall–Kier alpha value is -2.48. The molecule has 0 saturated carbocycles. The predicted molar refractivity (Wildman–Crippen MR) is 90.8 cm³/mol. The third-order valence-corrected chi connectivity index (χ3v) is 5.26. The molecule has 4 heterocycles. The van der Waals surface area contributed by atoms with Crippen LogP contribution in [0.5, 0.6) is 0 Å². The number of rotatable bonds is 3. The summed E-state index contributed by atoms with van der Waals surface area (Å²) in [5.41, 5.74) is 0.883. The van der Waals surface area contributed by atoms with Crippen molar-refractivity contribution < 1.29 is 4.79 Å². The molecule has 24 heavy (non-hydrogen) atoms. The van der Waals surface area contributed by atoms with Crippen LogP contribution in [0.3, 0.4) is 0 Å². The molecular formula is C16H17N5O2S. The molecule has 1 unspecified atom stereocenters. The molecule has 0 aromatic carbocycles. The summed E-state index contributed by atoms with van der Waals surface area (Å²) in [4.78, 5) is 32.0. The number of carbonyl (C=O) groups excluding carboxylic acids is 1. The van der Waals surface area contributed by atoms with Crippen LogP contribution in [-0.4, -0.2) is 36.7 Å². The molecule has 124 valence electrons. The maximum atomic E-state index is 12.7. The van der Waals surface area contributed by atoms with Crippen molar-refractivity contribution in [2.45, 2.75) is 25.4 Å². The molecule has 7 nitrogen and oxygen atoms in total. The van der Waals surface area contributed by atoms with Gasteiger partial charge in [-0.3, -0.25) is 18.8 Å². The SMILES string of the molecule is Cn1cc(C2CCCN2C(=O)Cn2cnc3sccc3c2=O)cn1. The maximum absolute atomic E-state index is 12.7. The fourth-order valence-corrected chi connectivity index (χ4v) is 3.99. The van der Waals surface area contributed by atoms with Gasteiger partial charge in [0.2, 0.25) is 5.91 Å². The highest BCUT2D eigenvalue weighted by Gasteiger charge is 2.30. The predicted octanol–water partition coefficient (Wildman–Crippen LogP) is 1.56. The van der Waals surface area contributed by atoms with Crippen LogP contribution < -0.4 is 5.56 Å². The number of nitrogens with zero attached hydrogens (tertiary/aromatic N) is 5. The number of hydrogen-bond acceptors (Lipinski definition) is 5. The Morgan fingerprint density at radius 2 is 2.33 bits per heavy atom. The van der Waals surface area contributed by atoms with Crippen LogP contribution >= 0.6 is 11.3 Å². The first-order valence-electron chi connectivity index (χ1n) is 7.84. The quantitative estimate of drug-likeness (QED) is 0.723. The molecule has 8 heteroatoms. The molecule has 1 atom stereocenters. The van der Waals surface area contributed by atoms with Gasteiger partial charge in [-0.25, -0.2) is 4.98 Å². The Morgan fingerprint density at radius 1 is 1.46 bits per heavy atom. The van der Waals surface area contributed by atoms with E-state index in [1.807, 2.05) is 23.5 Å². The minimum Gasteiger partial charge on any atom is -0.334 e. The fraction of sp³-hybridized carbons (Fsp3) is 0.375. The van der Waals surface area contributed by atoms with Gasteiger partial charge >= 0.3 is 0 Å². The summed E-state index contributed by atoms with van der Waals surface area (Å²) < 4.78 is 3.14. The van der Waals surface area contributed by atoms with E-state index < -0.39 is 0 Å². The molecule has 0 bridgehead atoms. The number of carbonyl (C=O) groups is 1. The second-order valence-corrected chi connectivity index (χ2v) is 6.90. The normalized spacial score (nSPS) is 17.7. The number of likely N-dealkylation sites (tertiary alicyclic amines) is 1. The third-order valence-electron chi connectivity index (χ3n) is 4.44. The smallest absolute Gasteiger partial charge is 0.262 e. The van der Waals surface area contributed by atoms with E-state index in [4.69, 9.17) is 0 Å². The second-order valence-electron chi connectivity index (χ2n) is 6.01. The maximum Gasteiger partial charge on any atom is 0.262 e. The van der Waals surface area contributed by atoms with Crippen LogP contribution in [0.25, 0.3) is 10.2 Å². The average molecular weight is 343 g/mol. The van der Waals surface area contributed by atoms with Gasteiger partial charge in [-0.1, -0.05) is 0 Å². The number of amides is 1. The van der Waals surface area contributed by atoms with Gasteiger partial charge in [-0.15, -0.1) is 11.3 Å². The summed E-state index contributed by atoms with van der Waals surface area (Å²) in [6, 6.07) is 1.80. The average Bonchev–Trinajstić information content (AvgIpc) is 3.28.